The van der Waals surface area contributed by atoms with E-state index in [1.165, 1.54) is 0 Å². The number of aromatic carboxylic acids is 1. The summed E-state index contributed by atoms with van der Waals surface area (Å²) in [4.78, 5) is 20.9. The second kappa shape index (κ2) is 7.13. The van der Waals surface area contributed by atoms with E-state index in [1.807, 2.05) is 42.7 Å². The summed E-state index contributed by atoms with van der Waals surface area (Å²) in [5, 5.41) is 11.8. The minimum atomic E-state index is -0.911. The molecule has 1 aliphatic rings. The van der Waals surface area contributed by atoms with Crippen molar-refractivity contribution in [2.45, 2.75) is 25.2 Å². The summed E-state index contributed by atoms with van der Waals surface area (Å²) in [6.45, 7) is 0. The second-order valence-electron chi connectivity index (χ2n) is 7.60. The summed E-state index contributed by atoms with van der Waals surface area (Å²) >= 11 is 0. The lowest BCUT2D eigenvalue weighted by Crippen LogP contribution is -2.07. The number of aromatic nitrogens is 2. The molecule has 0 aliphatic heterocycles. The Morgan fingerprint density at radius 3 is 2.59 bits per heavy atom. The molecule has 0 unspecified atom stereocenters. The van der Waals surface area contributed by atoms with Gasteiger partial charge in [-0.05, 0) is 47.4 Å². The van der Waals surface area contributed by atoms with Crippen molar-refractivity contribution in [3.8, 4) is 11.3 Å². The van der Waals surface area contributed by atoms with Crippen LogP contribution in [-0.2, 0) is 6.42 Å². The van der Waals surface area contributed by atoms with E-state index in [4.69, 9.17) is 0 Å². The third kappa shape index (κ3) is 3.49. The van der Waals surface area contributed by atoms with Crippen LogP contribution in [-0.4, -0.2) is 21.0 Å². The molecule has 0 spiro atoms. The maximum absolute atomic E-state index is 11.8. The molecule has 4 heteroatoms. The fourth-order valence-electron chi connectivity index (χ4n) is 3.83. The lowest BCUT2D eigenvalue weighted by molar-refractivity contribution is 0.0695. The lowest BCUT2D eigenvalue weighted by atomic mass is 9.98. The van der Waals surface area contributed by atoms with E-state index >= 15 is 0 Å². The number of nitrogens with zero attached hydrogens (tertiary/aromatic N) is 2. The lowest BCUT2D eigenvalue weighted by Gasteiger charge is -2.10. The topological polar surface area (TPSA) is 63.1 Å². The molecule has 1 saturated carbocycles. The number of fused-ring (bicyclic) bond motifs is 1. The van der Waals surface area contributed by atoms with Crippen LogP contribution < -0.4 is 0 Å². The molecule has 0 saturated heterocycles. The van der Waals surface area contributed by atoms with Gasteiger partial charge in [0.25, 0.3) is 0 Å². The van der Waals surface area contributed by atoms with Gasteiger partial charge in [0.2, 0.25) is 0 Å². The van der Waals surface area contributed by atoms with Crippen LogP contribution in [0.2, 0.25) is 0 Å². The van der Waals surface area contributed by atoms with Crippen molar-refractivity contribution in [1.29, 1.82) is 0 Å². The number of benzene rings is 2. The molecule has 0 amide bonds. The van der Waals surface area contributed by atoms with Crippen LogP contribution in [0.1, 0.15) is 45.9 Å². The third-order valence-electron chi connectivity index (χ3n) is 5.52. The predicted molar refractivity (Wildman–Crippen MR) is 113 cm³/mol. The molecule has 1 N–H and O–H groups in total. The van der Waals surface area contributed by atoms with Gasteiger partial charge in [-0.15, -0.1) is 0 Å². The monoisotopic (exact) mass is 380 g/mol. The molecule has 1 fully saturated rings. The van der Waals surface area contributed by atoms with E-state index in [2.05, 4.69) is 34.2 Å². The molecule has 0 bridgehead atoms. The summed E-state index contributed by atoms with van der Waals surface area (Å²) in [5.74, 6) is -0.425. The molecule has 0 radical (unpaired) electrons. The van der Waals surface area contributed by atoms with Gasteiger partial charge in [-0.3, -0.25) is 9.97 Å². The van der Waals surface area contributed by atoms with Crippen LogP contribution in [0.4, 0.5) is 0 Å². The first kappa shape index (κ1) is 17.6. The number of pyridine rings is 2. The Balaban J connectivity index is 1.51. The molecule has 2 aromatic carbocycles. The number of hydrogen-bond donors (Lipinski definition) is 1. The molecular formula is C25H20N2O2. The molecule has 0 atom stereocenters. The number of carboxylic acids is 1. The molecule has 1 aliphatic carbocycles. The number of carbonyl (C=O) groups is 1. The van der Waals surface area contributed by atoms with Crippen molar-refractivity contribution in [3.63, 3.8) is 0 Å². The first-order chi connectivity index (χ1) is 14.2. The fourth-order valence-corrected chi connectivity index (χ4v) is 3.83. The highest BCUT2D eigenvalue weighted by Gasteiger charge is 2.25. The largest absolute Gasteiger partial charge is 0.478 e. The van der Waals surface area contributed by atoms with Gasteiger partial charge in [0.05, 0.1) is 17.0 Å². The maximum atomic E-state index is 11.8. The summed E-state index contributed by atoms with van der Waals surface area (Å²) in [5.41, 5.74) is 5.04. The Morgan fingerprint density at radius 1 is 1.00 bits per heavy atom. The van der Waals surface area contributed by atoms with Crippen molar-refractivity contribution in [1.82, 2.24) is 9.97 Å². The van der Waals surface area contributed by atoms with Crippen molar-refractivity contribution < 1.29 is 9.90 Å². The standard InChI is InChI=1S/C25H20N2O2/c28-25(29)22-14-20(17-7-8-17)15-27-23(22)13-16-6-9-21-19(12-16)10-11-26-24(21)18-4-2-1-3-5-18/h1-6,9-12,14-15,17H,7-8,13H2,(H,28,29). The zero-order valence-corrected chi connectivity index (χ0v) is 15.9. The highest BCUT2D eigenvalue weighted by atomic mass is 16.4. The molecule has 29 heavy (non-hydrogen) atoms. The molecule has 5 rings (SSSR count). The normalized spacial score (nSPS) is 13.5. The number of rotatable bonds is 5. The zero-order valence-electron chi connectivity index (χ0n) is 15.9. The second-order valence-corrected chi connectivity index (χ2v) is 7.60. The van der Waals surface area contributed by atoms with Gasteiger partial charge < -0.3 is 5.11 Å². The number of carboxylic acid groups (broad SMARTS) is 1. The number of hydrogen-bond acceptors (Lipinski definition) is 3. The summed E-state index contributed by atoms with van der Waals surface area (Å²) in [7, 11) is 0. The minimum absolute atomic E-state index is 0.314. The van der Waals surface area contributed by atoms with Gasteiger partial charge in [-0.2, -0.15) is 0 Å². The quantitative estimate of drug-likeness (QED) is 0.499. The Labute approximate surface area is 168 Å². The van der Waals surface area contributed by atoms with E-state index in [-0.39, 0.29) is 0 Å². The van der Waals surface area contributed by atoms with Gasteiger partial charge in [0.1, 0.15) is 0 Å². The third-order valence-corrected chi connectivity index (χ3v) is 5.52. The van der Waals surface area contributed by atoms with Crippen molar-refractivity contribution in [3.05, 3.63) is 95.4 Å². The highest BCUT2D eigenvalue weighted by Crippen LogP contribution is 2.40. The van der Waals surface area contributed by atoms with E-state index in [9.17, 15) is 9.90 Å². The minimum Gasteiger partial charge on any atom is -0.478 e. The van der Waals surface area contributed by atoms with Gasteiger partial charge in [0, 0.05) is 29.8 Å². The first-order valence-corrected chi connectivity index (χ1v) is 9.84. The Kier molecular flexibility index (Phi) is 4.32. The van der Waals surface area contributed by atoms with E-state index in [0.29, 0.717) is 23.6 Å². The molecule has 2 heterocycles. The molecule has 4 nitrogen and oxygen atoms in total. The van der Waals surface area contributed by atoms with Gasteiger partial charge in [-0.1, -0.05) is 48.5 Å². The van der Waals surface area contributed by atoms with Gasteiger partial charge >= 0.3 is 5.97 Å². The smallest absolute Gasteiger partial charge is 0.337 e. The SMILES string of the molecule is O=C(O)c1cc(C2CC2)cnc1Cc1ccc2c(-c3ccccc3)nccc2c1. The Hall–Kier alpha value is -3.53. The van der Waals surface area contributed by atoms with Gasteiger partial charge in [-0.25, -0.2) is 4.79 Å². The van der Waals surface area contributed by atoms with Crippen LogP contribution in [0.5, 0.6) is 0 Å². The van der Waals surface area contributed by atoms with Crippen molar-refractivity contribution in [2.24, 2.45) is 0 Å². The molecule has 4 aromatic rings. The van der Waals surface area contributed by atoms with Gasteiger partial charge in [0.15, 0.2) is 0 Å². The average Bonchev–Trinajstić information content (AvgIpc) is 3.59. The zero-order chi connectivity index (χ0) is 19.8. The van der Waals surface area contributed by atoms with Crippen molar-refractivity contribution >= 4 is 16.7 Å². The fraction of sp³-hybridized carbons (Fsp3) is 0.160. The van der Waals surface area contributed by atoms with E-state index in [0.717, 1.165) is 46.0 Å². The Morgan fingerprint density at radius 2 is 1.83 bits per heavy atom. The molecule has 142 valence electrons. The first-order valence-electron chi connectivity index (χ1n) is 9.84. The van der Waals surface area contributed by atoms with E-state index in [1.54, 1.807) is 6.07 Å². The molecule has 2 aromatic heterocycles. The van der Waals surface area contributed by atoms with Crippen LogP contribution >= 0.6 is 0 Å². The summed E-state index contributed by atoms with van der Waals surface area (Å²) in [6, 6.07) is 20.1. The van der Waals surface area contributed by atoms with Crippen LogP contribution in [0.3, 0.4) is 0 Å². The highest BCUT2D eigenvalue weighted by molar-refractivity contribution is 5.95. The summed E-state index contributed by atoms with van der Waals surface area (Å²) < 4.78 is 0. The predicted octanol–water partition coefficient (Wildman–Crippen LogP) is 5.46. The van der Waals surface area contributed by atoms with Crippen molar-refractivity contribution in [2.75, 3.05) is 0 Å². The van der Waals surface area contributed by atoms with Crippen LogP contribution in [0.25, 0.3) is 22.0 Å². The average molecular weight is 380 g/mol. The summed E-state index contributed by atoms with van der Waals surface area (Å²) in [6.07, 6.45) is 6.41. The Bertz CT molecular complexity index is 1210. The molecular weight excluding hydrogens is 360 g/mol. The maximum Gasteiger partial charge on any atom is 0.337 e. The van der Waals surface area contributed by atoms with Crippen LogP contribution in [0.15, 0.2) is 73.1 Å². The van der Waals surface area contributed by atoms with E-state index < -0.39 is 5.97 Å². The van der Waals surface area contributed by atoms with Crippen LogP contribution in [0, 0.1) is 0 Å².